The van der Waals surface area contributed by atoms with Crippen LogP contribution in [0.3, 0.4) is 0 Å². The zero-order chi connectivity index (χ0) is 13.8. The molecule has 3 heteroatoms. The minimum absolute atomic E-state index is 0.445. The topological polar surface area (TPSA) is 29.9 Å². The molecule has 1 heterocycles. The maximum Gasteiger partial charge on any atom is 0.0946 e. The number of nitrogens with zero attached hydrogens (tertiary/aromatic N) is 2. The summed E-state index contributed by atoms with van der Waals surface area (Å²) in [5, 5.41) is 3.80. The quantitative estimate of drug-likeness (QED) is 0.863. The fourth-order valence-electron chi connectivity index (χ4n) is 3.20. The third-order valence-electron chi connectivity index (χ3n) is 4.15. The van der Waals surface area contributed by atoms with Crippen LogP contribution in [0.2, 0.25) is 0 Å². The summed E-state index contributed by atoms with van der Waals surface area (Å²) < 4.78 is 2.14. The second-order valence-corrected chi connectivity index (χ2v) is 5.82. The molecule has 3 rings (SSSR count). The molecule has 0 aliphatic heterocycles. The molecule has 0 saturated carbocycles. The Hall–Kier alpha value is -1.61. The van der Waals surface area contributed by atoms with E-state index in [0.717, 1.165) is 6.54 Å². The van der Waals surface area contributed by atoms with E-state index in [4.69, 9.17) is 0 Å². The maximum absolute atomic E-state index is 4.11. The van der Waals surface area contributed by atoms with Crippen molar-refractivity contribution in [1.82, 2.24) is 14.9 Å². The van der Waals surface area contributed by atoms with E-state index in [1.807, 2.05) is 18.7 Å². The molecule has 20 heavy (non-hydrogen) atoms. The van der Waals surface area contributed by atoms with Gasteiger partial charge in [0.25, 0.3) is 0 Å². The van der Waals surface area contributed by atoms with Gasteiger partial charge in [0.05, 0.1) is 6.33 Å². The number of benzene rings is 1. The van der Waals surface area contributed by atoms with Gasteiger partial charge in [0, 0.05) is 31.0 Å². The zero-order valence-corrected chi connectivity index (χ0v) is 12.1. The van der Waals surface area contributed by atoms with Crippen LogP contribution in [-0.4, -0.2) is 15.6 Å². The molecule has 1 aromatic carbocycles. The van der Waals surface area contributed by atoms with Crippen molar-refractivity contribution in [1.29, 1.82) is 0 Å². The molecule has 1 aromatic heterocycles. The summed E-state index contributed by atoms with van der Waals surface area (Å²) in [5.41, 5.74) is 3.03. The minimum Gasteiger partial charge on any atom is -0.336 e. The van der Waals surface area contributed by atoms with Gasteiger partial charge in [-0.3, -0.25) is 0 Å². The predicted molar refractivity (Wildman–Crippen MR) is 81.6 cm³/mol. The average molecular weight is 269 g/mol. The molecule has 0 bridgehead atoms. The summed E-state index contributed by atoms with van der Waals surface area (Å²) in [6, 6.07) is 9.85. The SMILES string of the molecule is CC(Cn1ccnc1)NC1CCCCc2ccccc21. The Bertz CT molecular complexity index is 533. The van der Waals surface area contributed by atoms with Crippen LogP contribution in [0, 0.1) is 0 Å². The van der Waals surface area contributed by atoms with Crippen molar-refractivity contribution < 1.29 is 0 Å². The summed E-state index contributed by atoms with van der Waals surface area (Å²) in [5.74, 6) is 0. The van der Waals surface area contributed by atoms with E-state index in [1.54, 1.807) is 0 Å². The molecular weight excluding hydrogens is 246 g/mol. The van der Waals surface area contributed by atoms with E-state index in [-0.39, 0.29) is 0 Å². The van der Waals surface area contributed by atoms with Gasteiger partial charge in [0.15, 0.2) is 0 Å². The first-order chi connectivity index (χ1) is 9.83. The molecule has 0 amide bonds. The Kier molecular flexibility index (Phi) is 4.16. The third kappa shape index (κ3) is 3.10. The smallest absolute Gasteiger partial charge is 0.0946 e. The molecule has 0 saturated heterocycles. The summed E-state index contributed by atoms with van der Waals surface area (Å²) in [4.78, 5) is 4.11. The van der Waals surface area contributed by atoms with Gasteiger partial charge in [-0.05, 0) is 37.3 Å². The van der Waals surface area contributed by atoms with E-state index in [1.165, 1.54) is 36.8 Å². The van der Waals surface area contributed by atoms with E-state index >= 15 is 0 Å². The van der Waals surface area contributed by atoms with Crippen molar-refractivity contribution in [2.24, 2.45) is 0 Å². The summed E-state index contributed by atoms with van der Waals surface area (Å²) in [6.07, 6.45) is 10.8. The minimum atomic E-state index is 0.445. The lowest BCUT2D eigenvalue weighted by Gasteiger charge is -2.24. The lowest BCUT2D eigenvalue weighted by Crippen LogP contribution is -2.33. The van der Waals surface area contributed by atoms with Crippen LogP contribution in [0.1, 0.15) is 43.4 Å². The second-order valence-electron chi connectivity index (χ2n) is 5.82. The molecule has 2 atom stereocenters. The van der Waals surface area contributed by atoms with Gasteiger partial charge in [-0.1, -0.05) is 30.7 Å². The van der Waals surface area contributed by atoms with Crippen LogP contribution in [0.4, 0.5) is 0 Å². The number of rotatable bonds is 4. The van der Waals surface area contributed by atoms with Gasteiger partial charge >= 0.3 is 0 Å². The van der Waals surface area contributed by atoms with Crippen molar-refractivity contribution in [3.05, 3.63) is 54.1 Å². The number of hydrogen-bond donors (Lipinski definition) is 1. The Morgan fingerprint density at radius 1 is 1.35 bits per heavy atom. The van der Waals surface area contributed by atoms with E-state index in [0.29, 0.717) is 12.1 Å². The van der Waals surface area contributed by atoms with Gasteiger partial charge in [-0.15, -0.1) is 0 Å². The largest absolute Gasteiger partial charge is 0.336 e. The normalized spacial score (nSPS) is 20.1. The van der Waals surface area contributed by atoms with Crippen LogP contribution in [-0.2, 0) is 13.0 Å². The fraction of sp³-hybridized carbons (Fsp3) is 0.471. The van der Waals surface area contributed by atoms with Crippen LogP contribution < -0.4 is 5.32 Å². The van der Waals surface area contributed by atoms with Crippen molar-refractivity contribution in [2.75, 3.05) is 0 Å². The van der Waals surface area contributed by atoms with Crippen molar-refractivity contribution in [2.45, 2.75) is 51.2 Å². The van der Waals surface area contributed by atoms with E-state index in [9.17, 15) is 0 Å². The first kappa shape index (κ1) is 13.4. The maximum atomic E-state index is 4.11. The molecular formula is C17H23N3. The van der Waals surface area contributed by atoms with Gasteiger partial charge in [0.2, 0.25) is 0 Å². The highest BCUT2D eigenvalue weighted by molar-refractivity contribution is 5.31. The van der Waals surface area contributed by atoms with Crippen LogP contribution in [0.25, 0.3) is 0 Å². The Labute approximate surface area is 121 Å². The van der Waals surface area contributed by atoms with Crippen molar-refractivity contribution in [3.63, 3.8) is 0 Å². The molecule has 1 aliphatic rings. The first-order valence-electron chi connectivity index (χ1n) is 7.62. The van der Waals surface area contributed by atoms with E-state index in [2.05, 4.69) is 46.1 Å². The molecule has 0 radical (unpaired) electrons. The molecule has 0 spiro atoms. The number of fused-ring (bicyclic) bond motifs is 1. The van der Waals surface area contributed by atoms with Crippen LogP contribution in [0.15, 0.2) is 43.0 Å². The summed E-state index contributed by atoms with van der Waals surface area (Å²) >= 11 is 0. The Balaban J connectivity index is 1.70. The van der Waals surface area contributed by atoms with Gasteiger partial charge in [0.1, 0.15) is 0 Å². The monoisotopic (exact) mass is 269 g/mol. The summed E-state index contributed by atoms with van der Waals surface area (Å²) in [7, 11) is 0. The number of hydrogen-bond acceptors (Lipinski definition) is 2. The zero-order valence-electron chi connectivity index (χ0n) is 12.1. The highest BCUT2D eigenvalue weighted by Gasteiger charge is 2.19. The number of aromatic nitrogens is 2. The fourth-order valence-corrected chi connectivity index (χ4v) is 3.20. The summed E-state index contributed by atoms with van der Waals surface area (Å²) in [6.45, 7) is 3.23. The molecule has 2 unspecified atom stereocenters. The van der Waals surface area contributed by atoms with Gasteiger partial charge in [-0.25, -0.2) is 4.98 Å². The number of nitrogens with one attached hydrogen (secondary N) is 1. The lowest BCUT2D eigenvalue weighted by atomic mass is 9.98. The highest BCUT2D eigenvalue weighted by Crippen LogP contribution is 2.28. The number of aryl methyl sites for hydroxylation is 1. The first-order valence-corrected chi connectivity index (χ1v) is 7.62. The van der Waals surface area contributed by atoms with Crippen LogP contribution >= 0.6 is 0 Å². The molecule has 3 nitrogen and oxygen atoms in total. The van der Waals surface area contributed by atoms with Crippen molar-refractivity contribution in [3.8, 4) is 0 Å². The van der Waals surface area contributed by atoms with Gasteiger partial charge in [-0.2, -0.15) is 0 Å². The lowest BCUT2D eigenvalue weighted by molar-refractivity contribution is 0.395. The average Bonchev–Trinajstić information content (AvgIpc) is 2.87. The molecule has 0 fully saturated rings. The molecule has 1 aliphatic carbocycles. The molecule has 2 aromatic rings. The van der Waals surface area contributed by atoms with Crippen molar-refractivity contribution >= 4 is 0 Å². The second kappa shape index (κ2) is 6.23. The highest BCUT2D eigenvalue weighted by atomic mass is 15.1. The van der Waals surface area contributed by atoms with E-state index < -0.39 is 0 Å². The van der Waals surface area contributed by atoms with Crippen LogP contribution in [0.5, 0.6) is 0 Å². The Morgan fingerprint density at radius 2 is 2.25 bits per heavy atom. The Morgan fingerprint density at radius 3 is 3.10 bits per heavy atom. The molecule has 106 valence electrons. The standard InChI is InChI=1S/C17H23N3/c1-14(12-20-11-10-18-13-20)19-17-9-5-3-7-15-6-2-4-8-16(15)17/h2,4,6,8,10-11,13-14,17,19H,3,5,7,9,12H2,1H3. The number of imidazole rings is 1. The third-order valence-corrected chi connectivity index (χ3v) is 4.15. The molecule has 1 N–H and O–H groups in total. The van der Waals surface area contributed by atoms with Gasteiger partial charge < -0.3 is 9.88 Å². The predicted octanol–water partition coefficient (Wildman–Crippen LogP) is 3.33.